The van der Waals surface area contributed by atoms with Crippen LogP contribution in [0.4, 0.5) is 20.2 Å². The molecule has 3 N–H and O–H groups in total. The number of nitrogens with one attached hydrogen (secondary N) is 2. The van der Waals surface area contributed by atoms with Gasteiger partial charge in [0.2, 0.25) is 11.8 Å². The molecule has 1 saturated carbocycles. The van der Waals surface area contributed by atoms with Gasteiger partial charge in [-0.3, -0.25) is 34.1 Å². The van der Waals surface area contributed by atoms with E-state index < -0.39 is 43.0 Å². The number of carbonyl (C=O) groups excluding carboxylic acids is 4. The fourth-order valence-corrected chi connectivity index (χ4v) is 9.18. The molecule has 16 nitrogen and oxygen atoms in total. The number of aliphatic hydroxyl groups excluding tert-OH is 1. The largest absolute Gasteiger partial charge is 0.485 e. The molecule has 18 heteroatoms. The third-order valence-electron chi connectivity index (χ3n) is 12.4. The third kappa shape index (κ3) is 7.35. The topological polar surface area (TPSA) is 180 Å². The highest BCUT2D eigenvalue weighted by Gasteiger charge is 2.44. The molecule has 2 aromatic carbocycles. The number of nitrogens with zero attached hydrogens (tertiary/aromatic N) is 8. The number of imide groups is 1. The van der Waals surface area contributed by atoms with E-state index in [0.29, 0.717) is 34.4 Å². The van der Waals surface area contributed by atoms with Crippen LogP contribution < -0.4 is 20.3 Å². The van der Waals surface area contributed by atoms with Gasteiger partial charge in [0, 0.05) is 78.5 Å². The Morgan fingerprint density at radius 3 is 2.59 bits per heavy atom. The molecule has 3 fully saturated rings. The molecule has 0 bridgehead atoms. The summed E-state index contributed by atoms with van der Waals surface area (Å²) < 4.78 is 35.3. The molecule has 5 aromatic rings. The molecule has 2 saturated heterocycles. The summed E-state index contributed by atoms with van der Waals surface area (Å²) in [5.41, 5.74) is 3.15. The van der Waals surface area contributed by atoms with E-state index in [0.717, 1.165) is 62.7 Å². The van der Waals surface area contributed by atoms with Gasteiger partial charge in [-0.15, -0.1) is 0 Å². The van der Waals surface area contributed by atoms with Gasteiger partial charge < -0.3 is 25.0 Å². The monoisotopic (exact) mass is 810 g/mol. The number of anilines is 2. The molecule has 1 aliphatic carbocycles. The van der Waals surface area contributed by atoms with Gasteiger partial charge in [-0.05, 0) is 76.3 Å². The van der Waals surface area contributed by atoms with Gasteiger partial charge in [0.25, 0.3) is 18.2 Å². The molecule has 59 heavy (non-hydrogen) atoms. The van der Waals surface area contributed by atoms with Crippen LogP contribution >= 0.6 is 0 Å². The molecule has 4 aliphatic rings. The van der Waals surface area contributed by atoms with Crippen molar-refractivity contribution in [1.29, 1.82) is 0 Å². The first-order valence-electron chi connectivity index (χ1n) is 20.0. The molecule has 3 aliphatic heterocycles. The number of fused-ring (bicyclic) bond motifs is 3. The molecule has 2 unspecified atom stereocenters. The van der Waals surface area contributed by atoms with Crippen molar-refractivity contribution in [2.75, 3.05) is 37.0 Å². The summed E-state index contributed by atoms with van der Waals surface area (Å²) in [6.45, 7) is 0.771. The summed E-state index contributed by atoms with van der Waals surface area (Å²) in [6, 6.07) is 10.5. The van der Waals surface area contributed by atoms with E-state index in [-0.39, 0.29) is 41.8 Å². The molecule has 0 radical (unpaired) electrons. The van der Waals surface area contributed by atoms with Crippen LogP contribution in [0, 0.1) is 0 Å². The number of aromatic nitrogens is 5. The van der Waals surface area contributed by atoms with Crippen molar-refractivity contribution in [3.05, 3.63) is 77.9 Å². The number of carbonyl (C=O) groups is 4. The number of ether oxygens (including phenoxy) is 1. The van der Waals surface area contributed by atoms with Crippen LogP contribution in [0.3, 0.4) is 0 Å². The Balaban J connectivity index is 0.814. The second-order valence-corrected chi connectivity index (χ2v) is 15.8. The molecule has 4 amide bonds. The molecule has 3 aromatic heterocycles. The maximum atomic E-state index is 13.4. The summed E-state index contributed by atoms with van der Waals surface area (Å²) >= 11 is 0. The molecular weight excluding hydrogens is 767 g/mol. The Bertz CT molecular complexity index is 2440. The first kappa shape index (κ1) is 38.5. The fraction of sp³-hybridized carbons (Fsp3) is 0.439. The number of halogens is 2. The lowest BCUT2D eigenvalue weighted by Crippen LogP contribution is -2.53. The van der Waals surface area contributed by atoms with Gasteiger partial charge in [0.15, 0.2) is 11.9 Å². The number of aliphatic hydroxyl groups is 1. The quantitative estimate of drug-likeness (QED) is 0.171. The minimum Gasteiger partial charge on any atom is -0.485 e. The molecule has 308 valence electrons. The normalized spacial score (nSPS) is 22.8. The Morgan fingerprint density at radius 2 is 1.83 bits per heavy atom. The summed E-state index contributed by atoms with van der Waals surface area (Å²) in [5.74, 6) is -1.76. The predicted molar refractivity (Wildman–Crippen MR) is 210 cm³/mol. The smallest absolute Gasteiger partial charge is 0.272 e. The molecule has 9 rings (SSSR count). The lowest BCUT2D eigenvalue weighted by atomic mass is 9.88. The standard InChI is InChI=1S/C41H44F2N10O6/c1-49(25-11-15-50(16-12-25)27-7-8-28-29(18-27)41(58)53(40(28)57)33-9-10-36(54)47-39(33)56)24-3-5-26(6-4-24)52-21-23-17-32(34(19-31(23)48-52)59-22-35(42)43)46-38(55)30-20-45-51-14-2-13-44-37(30)51/h2,7-8,13-14,17-21,24-26,33,35,40,57H,3-6,9-12,15-16,22H2,1H3,(H,46,55)(H,47,54,56). The Labute approximate surface area is 337 Å². The molecule has 6 heterocycles. The summed E-state index contributed by atoms with van der Waals surface area (Å²) in [6.07, 6.45) is 8.57. The van der Waals surface area contributed by atoms with E-state index >= 15 is 0 Å². The van der Waals surface area contributed by atoms with E-state index in [1.165, 1.54) is 15.6 Å². The van der Waals surface area contributed by atoms with Gasteiger partial charge in [-0.2, -0.15) is 10.2 Å². The highest BCUT2D eigenvalue weighted by atomic mass is 19.3. The Morgan fingerprint density at radius 1 is 1.05 bits per heavy atom. The number of benzene rings is 2. The van der Waals surface area contributed by atoms with Crippen LogP contribution in [0.15, 0.2) is 61.2 Å². The average Bonchev–Trinajstić information content (AvgIpc) is 3.93. The summed E-state index contributed by atoms with van der Waals surface area (Å²) in [7, 11) is 2.20. The van der Waals surface area contributed by atoms with Crippen molar-refractivity contribution in [3.8, 4) is 5.75 Å². The maximum absolute atomic E-state index is 13.4. The minimum atomic E-state index is -2.70. The Hall–Kier alpha value is -6.01. The van der Waals surface area contributed by atoms with Gasteiger partial charge in [0.1, 0.15) is 24.0 Å². The van der Waals surface area contributed by atoms with Crippen LogP contribution in [-0.4, -0.2) is 114 Å². The van der Waals surface area contributed by atoms with E-state index in [1.54, 1.807) is 36.7 Å². The van der Waals surface area contributed by atoms with E-state index in [1.807, 2.05) is 23.0 Å². The molecule has 0 spiro atoms. The SMILES string of the molecule is CN(C1CCC(n2cc3cc(NC(=O)c4cnn5cccnc45)c(OCC(F)F)cc3n2)CC1)C1CCN(c2ccc3c(c2)C(=O)N(C2CCC(=O)NC2=O)C3O)CC1. The van der Waals surface area contributed by atoms with Gasteiger partial charge in [0.05, 0.1) is 23.4 Å². The second kappa shape index (κ2) is 15.6. The first-order valence-corrected chi connectivity index (χ1v) is 20.0. The van der Waals surface area contributed by atoms with Gasteiger partial charge >= 0.3 is 0 Å². The highest BCUT2D eigenvalue weighted by molar-refractivity contribution is 6.09. The number of amides is 4. The van der Waals surface area contributed by atoms with Crippen molar-refractivity contribution in [1.82, 2.24) is 39.5 Å². The van der Waals surface area contributed by atoms with E-state index in [4.69, 9.17) is 9.84 Å². The van der Waals surface area contributed by atoms with Crippen molar-refractivity contribution < 1.29 is 37.8 Å². The number of piperidine rings is 2. The van der Waals surface area contributed by atoms with Crippen LogP contribution in [0.25, 0.3) is 16.6 Å². The molecular formula is C41H44F2N10O6. The van der Waals surface area contributed by atoms with E-state index in [2.05, 4.69) is 37.6 Å². The lowest BCUT2D eigenvalue weighted by molar-refractivity contribution is -0.139. The second-order valence-electron chi connectivity index (χ2n) is 15.8. The number of alkyl halides is 2. The minimum absolute atomic E-state index is 0.0945. The number of hydrogen-bond donors (Lipinski definition) is 3. The zero-order chi connectivity index (χ0) is 40.9. The van der Waals surface area contributed by atoms with Crippen molar-refractivity contribution >= 4 is 51.6 Å². The van der Waals surface area contributed by atoms with Crippen molar-refractivity contribution in [2.24, 2.45) is 0 Å². The summed E-state index contributed by atoms with van der Waals surface area (Å²) in [4.78, 5) is 61.1. The first-order chi connectivity index (χ1) is 28.5. The Kier molecular flexibility index (Phi) is 10.2. The zero-order valence-electron chi connectivity index (χ0n) is 32.3. The maximum Gasteiger partial charge on any atom is 0.272 e. The van der Waals surface area contributed by atoms with Crippen LogP contribution in [0.2, 0.25) is 0 Å². The molecule has 2 atom stereocenters. The van der Waals surface area contributed by atoms with E-state index in [9.17, 15) is 33.1 Å². The van der Waals surface area contributed by atoms with Crippen LogP contribution in [0.1, 0.15) is 89.9 Å². The summed E-state index contributed by atoms with van der Waals surface area (Å²) in [5, 5.41) is 25.8. The van der Waals surface area contributed by atoms with Gasteiger partial charge in [-0.1, -0.05) is 6.07 Å². The zero-order valence-corrected chi connectivity index (χ0v) is 32.3. The van der Waals surface area contributed by atoms with Gasteiger partial charge in [-0.25, -0.2) is 18.3 Å². The number of rotatable bonds is 10. The van der Waals surface area contributed by atoms with Crippen molar-refractivity contribution in [2.45, 2.75) is 88.2 Å². The predicted octanol–water partition coefficient (Wildman–Crippen LogP) is 4.31. The lowest BCUT2D eigenvalue weighted by Gasteiger charge is -2.43. The van der Waals surface area contributed by atoms with Crippen LogP contribution in [-0.2, 0) is 9.59 Å². The number of hydrogen-bond acceptors (Lipinski definition) is 11. The highest BCUT2D eigenvalue weighted by Crippen LogP contribution is 2.39. The third-order valence-corrected chi connectivity index (χ3v) is 12.4. The van der Waals surface area contributed by atoms with Crippen molar-refractivity contribution in [3.63, 3.8) is 0 Å². The van der Waals surface area contributed by atoms with Crippen LogP contribution in [0.5, 0.6) is 5.75 Å². The fourth-order valence-electron chi connectivity index (χ4n) is 9.18. The average molecular weight is 811 g/mol.